The van der Waals surface area contributed by atoms with Crippen LogP contribution in [0.15, 0.2) is 84.0 Å². The lowest BCUT2D eigenvalue weighted by Crippen LogP contribution is -2.17. The van der Waals surface area contributed by atoms with Gasteiger partial charge in [-0.1, -0.05) is 66.7 Å². The van der Waals surface area contributed by atoms with Gasteiger partial charge in [-0.25, -0.2) is 5.43 Å². The van der Waals surface area contributed by atoms with Crippen LogP contribution in [0, 0.1) is 6.92 Å². The van der Waals surface area contributed by atoms with Crippen molar-refractivity contribution in [2.24, 2.45) is 5.10 Å². The minimum absolute atomic E-state index is 0.220. The molecule has 3 nitrogen and oxygen atoms in total. The quantitative estimate of drug-likeness (QED) is 0.316. The third kappa shape index (κ3) is 2.84. The molecular weight excluding hydrogens is 320 g/mol. The second-order valence-corrected chi connectivity index (χ2v) is 6.19. The van der Waals surface area contributed by atoms with Crippen molar-refractivity contribution in [3.63, 3.8) is 0 Å². The van der Waals surface area contributed by atoms with Crippen LogP contribution in [-0.2, 0) is 0 Å². The van der Waals surface area contributed by atoms with E-state index in [2.05, 4.69) is 41.7 Å². The zero-order valence-electron chi connectivity index (χ0n) is 14.4. The van der Waals surface area contributed by atoms with Gasteiger partial charge in [-0.3, -0.25) is 4.79 Å². The summed E-state index contributed by atoms with van der Waals surface area (Å²) >= 11 is 0. The zero-order chi connectivity index (χ0) is 17.9. The Morgan fingerprint density at radius 1 is 0.769 bits per heavy atom. The molecule has 0 atom stereocenters. The molecule has 1 N–H and O–H groups in total. The topological polar surface area (TPSA) is 41.5 Å². The molecule has 126 valence electrons. The molecule has 0 radical (unpaired) electrons. The average molecular weight is 338 g/mol. The first-order chi connectivity index (χ1) is 12.8. The van der Waals surface area contributed by atoms with Crippen molar-refractivity contribution in [2.75, 3.05) is 0 Å². The number of benzene rings is 4. The van der Waals surface area contributed by atoms with Gasteiger partial charge in [-0.2, -0.15) is 5.10 Å². The van der Waals surface area contributed by atoms with Gasteiger partial charge in [0.25, 0.3) is 5.91 Å². The van der Waals surface area contributed by atoms with Crippen LogP contribution < -0.4 is 5.43 Å². The predicted molar refractivity (Wildman–Crippen MR) is 108 cm³/mol. The van der Waals surface area contributed by atoms with E-state index in [1.54, 1.807) is 18.3 Å². The molecule has 0 aliphatic rings. The second-order valence-electron chi connectivity index (χ2n) is 6.19. The van der Waals surface area contributed by atoms with E-state index >= 15 is 0 Å². The van der Waals surface area contributed by atoms with Crippen LogP contribution in [-0.4, -0.2) is 12.1 Å². The fraction of sp³-hybridized carbons (Fsp3) is 0.0435. The second kappa shape index (κ2) is 6.81. The van der Waals surface area contributed by atoms with E-state index in [1.165, 1.54) is 16.3 Å². The summed E-state index contributed by atoms with van der Waals surface area (Å²) in [5, 5.41) is 8.87. The molecule has 3 heteroatoms. The summed E-state index contributed by atoms with van der Waals surface area (Å²) in [5.74, 6) is -0.220. The molecule has 4 rings (SSSR count). The molecule has 0 unspecified atom stereocenters. The first-order valence-corrected chi connectivity index (χ1v) is 8.54. The van der Waals surface area contributed by atoms with Crippen LogP contribution in [0.2, 0.25) is 0 Å². The maximum Gasteiger partial charge on any atom is 0.271 e. The van der Waals surface area contributed by atoms with E-state index in [-0.39, 0.29) is 5.91 Å². The van der Waals surface area contributed by atoms with Crippen molar-refractivity contribution in [3.8, 4) is 0 Å². The molecule has 0 fully saturated rings. The van der Waals surface area contributed by atoms with Crippen molar-refractivity contribution in [2.45, 2.75) is 6.92 Å². The highest BCUT2D eigenvalue weighted by atomic mass is 16.2. The lowest BCUT2D eigenvalue weighted by atomic mass is 9.93. The summed E-state index contributed by atoms with van der Waals surface area (Å²) in [6.45, 7) is 2.14. The Kier molecular flexibility index (Phi) is 4.20. The summed E-state index contributed by atoms with van der Waals surface area (Å²) in [4.78, 5) is 12.2. The highest BCUT2D eigenvalue weighted by Crippen LogP contribution is 2.31. The summed E-state index contributed by atoms with van der Waals surface area (Å²) < 4.78 is 0. The summed E-state index contributed by atoms with van der Waals surface area (Å²) in [5.41, 5.74) is 5.47. The van der Waals surface area contributed by atoms with Crippen molar-refractivity contribution < 1.29 is 4.79 Å². The number of hydrazone groups is 1. The Morgan fingerprint density at radius 3 is 1.85 bits per heavy atom. The summed E-state index contributed by atoms with van der Waals surface area (Å²) in [6, 6.07) is 25.6. The van der Waals surface area contributed by atoms with E-state index in [0.29, 0.717) is 5.56 Å². The lowest BCUT2D eigenvalue weighted by Gasteiger charge is -2.11. The molecular formula is C23H18N2O. The lowest BCUT2D eigenvalue weighted by molar-refractivity contribution is 0.0955. The van der Waals surface area contributed by atoms with Gasteiger partial charge in [0.1, 0.15) is 0 Å². The van der Waals surface area contributed by atoms with Gasteiger partial charge in [0, 0.05) is 11.1 Å². The normalized spacial score (nSPS) is 11.3. The first kappa shape index (κ1) is 16.0. The van der Waals surface area contributed by atoms with Gasteiger partial charge in [0.2, 0.25) is 0 Å². The molecule has 26 heavy (non-hydrogen) atoms. The number of fused-ring (bicyclic) bond motifs is 2. The SMILES string of the molecule is Cc1c2ccccc2c(/C=N/NC(=O)c2ccccc2)c2ccccc12. The number of hydrogen-bond donors (Lipinski definition) is 1. The van der Waals surface area contributed by atoms with Crippen molar-refractivity contribution in [1.29, 1.82) is 0 Å². The zero-order valence-corrected chi connectivity index (χ0v) is 14.4. The van der Waals surface area contributed by atoms with E-state index in [4.69, 9.17) is 0 Å². The fourth-order valence-electron chi connectivity index (χ4n) is 3.33. The third-order valence-electron chi connectivity index (χ3n) is 4.64. The minimum Gasteiger partial charge on any atom is -0.267 e. The smallest absolute Gasteiger partial charge is 0.267 e. The molecule has 4 aromatic carbocycles. The van der Waals surface area contributed by atoms with Crippen LogP contribution in [0.5, 0.6) is 0 Å². The van der Waals surface area contributed by atoms with Crippen LogP contribution >= 0.6 is 0 Å². The van der Waals surface area contributed by atoms with E-state index in [1.807, 2.05) is 42.5 Å². The van der Waals surface area contributed by atoms with Crippen molar-refractivity contribution in [1.82, 2.24) is 5.43 Å². The molecule has 1 amide bonds. The van der Waals surface area contributed by atoms with Gasteiger partial charge in [-0.15, -0.1) is 0 Å². The number of nitrogens with one attached hydrogen (secondary N) is 1. The van der Waals surface area contributed by atoms with E-state index in [0.717, 1.165) is 16.3 Å². The molecule has 0 heterocycles. The monoisotopic (exact) mass is 338 g/mol. The number of aryl methyl sites for hydroxylation is 1. The van der Waals surface area contributed by atoms with Crippen LogP contribution in [0.25, 0.3) is 21.5 Å². The Morgan fingerprint density at radius 2 is 1.27 bits per heavy atom. The van der Waals surface area contributed by atoms with Crippen LogP contribution in [0.1, 0.15) is 21.5 Å². The van der Waals surface area contributed by atoms with Crippen LogP contribution in [0.4, 0.5) is 0 Å². The minimum atomic E-state index is -0.220. The molecule has 0 saturated carbocycles. The molecule has 0 bridgehead atoms. The fourth-order valence-corrected chi connectivity index (χ4v) is 3.33. The van der Waals surface area contributed by atoms with Gasteiger partial charge in [-0.05, 0) is 46.2 Å². The van der Waals surface area contributed by atoms with Gasteiger partial charge in [0.15, 0.2) is 0 Å². The Balaban J connectivity index is 1.78. The number of rotatable bonds is 3. The molecule has 0 spiro atoms. The van der Waals surface area contributed by atoms with Gasteiger partial charge >= 0.3 is 0 Å². The standard InChI is InChI=1S/C23H18N2O/c1-16-18-11-5-7-13-20(18)22(21-14-8-6-12-19(16)21)15-24-25-23(26)17-9-3-2-4-10-17/h2-15H,1H3,(H,25,26)/b24-15+. The Bertz CT molecular complexity index is 1070. The third-order valence-corrected chi connectivity index (χ3v) is 4.64. The molecule has 0 aliphatic carbocycles. The van der Waals surface area contributed by atoms with Gasteiger partial charge in [0.05, 0.1) is 6.21 Å². The Labute approximate surface area is 152 Å². The molecule has 0 aromatic heterocycles. The van der Waals surface area contributed by atoms with E-state index in [9.17, 15) is 4.79 Å². The molecule has 0 aliphatic heterocycles. The number of hydrogen-bond acceptors (Lipinski definition) is 2. The highest BCUT2D eigenvalue weighted by molar-refractivity contribution is 6.15. The maximum absolute atomic E-state index is 12.2. The summed E-state index contributed by atoms with van der Waals surface area (Å²) in [7, 11) is 0. The Hall–Kier alpha value is -3.46. The number of nitrogens with zero attached hydrogens (tertiary/aromatic N) is 1. The summed E-state index contributed by atoms with van der Waals surface area (Å²) in [6.07, 6.45) is 1.74. The average Bonchev–Trinajstić information content (AvgIpc) is 2.71. The van der Waals surface area contributed by atoms with E-state index < -0.39 is 0 Å². The van der Waals surface area contributed by atoms with Crippen molar-refractivity contribution in [3.05, 3.63) is 95.6 Å². The highest BCUT2D eigenvalue weighted by Gasteiger charge is 2.09. The first-order valence-electron chi connectivity index (χ1n) is 8.54. The van der Waals surface area contributed by atoms with Gasteiger partial charge < -0.3 is 0 Å². The number of amides is 1. The molecule has 4 aromatic rings. The van der Waals surface area contributed by atoms with Crippen molar-refractivity contribution >= 4 is 33.7 Å². The number of carbonyl (C=O) groups excluding carboxylic acids is 1. The number of carbonyl (C=O) groups is 1. The maximum atomic E-state index is 12.2. The largest absolute Gasteiger partial charge is 0.271 e. The molecule has 0 saturated heterocycles. The van der Waals surface area contributed by atoms with Crippen LogP contribution in [0.3, 0.4) is 0 Å². The predicted octanol–water partition coefficient (Wildman–Crippen LogP) is 5.07.